The molecule has 2 amide bonds. The Balaban J connectivity index is 1.69. The van der Waals surface area contributed by atoms with E-state index in [1.807, 2.05) is 71.5 Å². The van der Waals surface area contributed by atoms with E-state index in [1.165, 1.54) is 4.90 Å². The molecule has 0 atom stereocenters. The van der Waals surface area contributed by atoms with Crippen LogP contribution in [0, 0.1) is 0 Å². The number of benzene rings is 2. The third kappa shape index (κ3) is 3.26. The SMILES string of the molecule is CN(C(N)=O)c1ccc(C2=NC=C3CC=CC=C3n3cnnc32)cc1-c1ccccc1. The van der Waals surface area contributed by atoms with Gasteiger partial charge in [0.1, 0.15) is 12.0 Å². The number of amides is 2. The van der Waals surface area contributed by atoms with E-state index >= 15 is 0 Å². The van der Waals surface area contributed by atoms with Crippen molar-refractivity contribution in [2.75, 3.05) is 11.9 Å². The van der Waals surface area contributed by atoms with Gasteiger partial charge in [0.05, 0.1) is 11.4 Å². The van der Waals surface area contributed by atoms with E-state index in [1.54, 1.807) is 13.4 Å². The fourth-order valence-corrected chi connectivity index (χ4v) is 3.84. The van der Waals surface area contributed by atoms with Crippen molar-refractivity contribution in [3.63, 3.8) is 0 Å². The first kappa shape index (κ1) is 18.7. The quantitative estimate of drug-likeness (QED) is 0.710. The lowest BCUT2D eigenvalue weighted by molar-refractivity contribution is 0.255. The Hall–Kier alpha value is -4.26. The Bertz CT molecular complexity index is 1300. The summed E-state index contributed by atoms with van der Waals surface area (Å²) in [6.07, 6.45) is 10.6. The van der Waals surface area contributed by atoms with Gasteiger partial charge >= 0.3 is 6.03 Å². The van der Waals surface area contributed by atoms with E-state index in [4.69, 9.17) is 10.7 Å². The van der Waals surface area contributed by atoms with Crippen molar-refractivity contribution >= 4 is 23.1 Å². The summed E-state index contributed by atoms with van der Waals surface area (Å²) in [6, 6.07) is 15.2. The van der Waals surface area contributed by atoms with Gasteiger partial charge in [-0.25, -0.2) is 4.79 Å². The summed E-state index contributed by atoms with van der Waals surface area (Å²) < 4.78 is 1.97. The number of nitrogens with zero attached hydrogens (tertiary/aromatic N) is 5. The lowest BCUT2D eigenvalue weighted by Crippen LogP contribution is -2.32. The van der Waals surface area contributed by atoms with E-state index < -0.39 is 6.03 Å². The number of aliphatic imine (C=N–C) groups is 1. The molecule has 0 bridgehead atoms. The molecule has 0 saturated carbocycles. The van der Waals surface area contributed by atoms with Gasteiger partial charge in [-0.2, -0.15) is 0 Å². The number of hydrogen-bond acceptors (Lipinski definition) is 4. The number of anilines is 1. The number of hydrogen-bond donors (Lipinski definition) is 1. The minimum atomic E-state index is -0.523. The van der Waals surface area contributed by atoms with Crippen LogP contribution in [0.15, 0.2) is 89.9 Å². The highest BCUT2D eigenvalue weighted by Crippen LogP contribution is 2.33. The van der Waals surface area contributed by atoms with E-state index in [2.05, 4.69) is 16.3 Å². The Kier molecular flexibility index (Phi) is 4.55. The number of carbonyl (C=O) groups is 1. The van der Waals surface area contributed by atoms with Crippen LogP contribution >= 0.6 is 0 Å². The maximum atomic E-state index is 11.9. The van der Waals surface area contributed by atoms with Crippen LogP contribution in [0.4, 0.5) is 10.5 Å². The molecule has 2 heterocycles. The summed E-state index contributed by atoms with van der Waals surface area (Å²) in [5, 5.41) is 8.49. The second-order valence-corrected chi connectivity index (χ2v) is 7.34. The summed E-state index contributed by atoms with van der Waals surface area (Å²) in [7, 11) is 1.66. The Morgan fingerprint density at radius 3 is 2.77 bits per heavy atom. The number of rotatable bonds is 3. The van der Waals surface area contributed by atoms with Gasteiger partial charge in [0.25, 0.3) is 0 Å². The summed E-state index contributed by atoms with van der Waals surface area (Å²) in [5.74, 6) is 0.669. The topological polar surface area (TPSA) is 89.4 Å². The maximum absolute atomic E-state index is 11.9. The predicted molar refractivity (Wildman–Crippen MR) is 122 cm³/mol. The molecular weight excluding hydrogens is 388 g/mol. The van der Waals surface area contributed by atoms with Crippen LogP contribution in [0.5, 0.6) is 0 Å². The molecule has 0 unspecified atom stereocenters. The molecule has 1 aliphatic heterocycles. The van der Waals surface area contributed by atoms with Crippen molar-refractivity contribution in [1.82, 2.24) is 14.8 Å². The van der Waals surface area contributed by atoms with Crippen molar-refractivity contribution in [3.8, 4) is 11.1 Å². The number of primary amides is 1. The number of urea groups is 1. The molecule has 152 valence electrons. The molecule has 0 fully saturated rings. The van der Waals surface area contributed by atoms with Crippen LogP contribution in [0.25, 0.3) is 16.8 Å². The lowest BCUT2D eigenvalue weighted by Gasteiger charge is -2.20. The molecule has 3 aromatic rings. The fourth-order valence-electron chi connectivity index (χ4n) is 3.84. The van der Waals surface area contributed by atoms with Gasteiger partial charge in [-0.15, -0.1) is 10.2 Å². The van der Waals surface area contributed by atoms with Gasteiger partial charge in [-0.3, -0.25) is 14.5 Å². The smallest absolute Gasteiger partial charge is 0.319 e. The Morgan fingerprint density at radius 1 is 1.13 bits per heavy atom. The molecule has 1 aliphatic carbocycles. The number of nitrogens with two attached hydrogens (primary N) is 1. The fraction of sp³-hybridized carbons (Fsp3) is 0.0833. The van der Waals surface area contributed by atoms with E-state index in [0.717, 1.165) is 40.1 Å². The number of carbonyl (C=O) groups excluding carboxylic acids is 1. The van der Waals surface area contributed by atoms with Crippen LogP contribution in [-0.2, 0) is 0 Å². The molecule has 1 aromatic heterocycles. The van der Waals surface area contributed by atoms with Gasteiger partial charge in [-0.1, -0.05) is 48.6 Å². The highest BCUT2D eigenvalue weighted by molar-refractivity contribution is 6.13. The van der Waals surface area contributed by atoms with Gasteiger partial charge in [0, 0.05) is 24.4 Å². The largest absolute Gasteiger partial charge is 0.351 e. The zero-order valence-corrected chi connectivity index (χ0v) is 16.9. The average Bonchev–Trinajstić information content (AvgIpc) is 3.23. The van der Waals surface area contributed by atoms with Crippen LogP contribution in [-0.4, -0.2) is 33.6 Å². The number of fused-ring (bicyclic) bond motifs is 3. The van der Waals surface area contributed by atoms with Gasteiger partial charge < -0.3 is 5.73 Å². The lowest BCUT2D eigenvalue weighted by atomic mass is 9.98. The van der Waals surface area contributed by atoms with Crippen molar-refractivity contribution < 1.29 is 4.79 Å². The zero-order valence-electron chi connectivity index (χ0n) is 16.9. The van der Waals surface area contributed by atoms with Gasteiger partial charge in [0.2, 0.25) is 0 Å². The second-order valence-electron chi connectivity index (χ2n) is 7.34. The molecule has 2 N–H and O–H groups in total. The third-order valence-corrected chi connectivity index (χ3v) is 5.47. The molecule has 0 saturated heterocycles. The zero-order chi connectivity index (χ0) is 21.4. The molecular formula is C24H20N6O. The van der Waals surface area contributed by atoms with Gasteiger partial charge in [-0.05, 0) is 35.8 Å². The number of allylic oxidation sites excluding steroid dienone is 5. The standard InChI is InChI=1S/C24H20N6O/c1-29(24(25)31)21-12-11-17(13-19(21)16-7-3-2-4-8-16)22-23-28-27-15-30(23)20-10-6-5-9-18(20)14-26-22/h2-8,10-15H,9H2,1H3,(H2,25,31). The van der Waals surface area contributed by atoms with E-state index in [0.29, 0.717) is 11.5 Å². The highest BCUT2D eigenvalue weighted by atomic mass is 16.2. The molecule has 2 aromatic carbocycles. The Morgan fingerprint density at radius 2 is 1.97 bits per heavy atom. The normalized spacial score (nSPS) is 14.5. The summed E-state index contributed by atoms with van der Waals surface area (Å²) >= 11 is 0. The molecule has 0 spiro atoms. The second kappa shape index (κ2) is 7.53. The summed E-state index contributed by atoms with van der Waals surface area (Å²) in [5.41, 5.74) is 11.8. The van der Waals surface area contributed by atoms with E-state index in [9.17, 15) is 4.79 Å². The van der Waals surface area contributed by atoms with Crippen LogP contribution < -0.4 is 10.6 Å². The molecule has 7 nitrogen and oxygen atoms in total. The predicted octanol–water partition coefficient (Wildman–Crippen LogP) is 4.00. The van der Waals surface area contributed by atoms with Crippen molar-refractivity contribution in [1.29, 1.82) is 0 Å². The van der Waals surface area contributed by atoms with Gasteiger partial charge in [0.15, 0.2) is 5.82 Å². The minimum Gasteiger partial charge on any atom is -0.351 e. The van der Waals surface area contributed by atoms with Crippen molar-refractivity contribution in [3.05, 3.63) is 96.2 Å². The van der Waals surface area contributed by atoms with Crippen LogP contribution in [0.2, 0.25) is 0 Å². The minimum absolute atomic E-state index is 0.523. The van der Waals surface area contributed by atoms with Crippen LogP contribution in [0.3, 0.4) is 0 Å². The van der Waals surface area contributed by atoms with Crippen molar-refractivity contribution in [2.45, 2.75) is 6.42 Å². The molecule has 5 rings (SSSR count). The molecule has 2 aliphatic rings. The Labute approximate surface area is 179 Å². The summed E-state index contributed by atoms with van der Waals surface area (Å²) in [6.45, 7) is 0. The first-order valence-electron chi connectivity index (χ1n) is 9.91. The molecule has 31 heavy (non-hydrogen) atoms. The highest BCUT2D eigenvalue weighted by Gasteiger charge is 2.23. The monoisotopic (exact) mass is 408 g/mol. The molecule has 0 radical (unpaired) electrons. The number of aromatic nitrogens is 3. The average molecular weight is 408 g/mol. The third-order valence-electron chi connectivity index (χ3n) is 5.47. The summed E-state index contributed by atoms with van der Waals surface area (Å²) in [4.78, 5) is 18.1. The molecule has 7 heteroatoms. The van der Waals surface area contributed by atoms with E-state index in [-0.39, 0.29) is 0 Å². The first-order valence-corrected chi connectivity index (χ1v) is 9.91. The maximum Gasteiger partial charge on any atom is 0.319 e. The van der Waals surface area contributed by atoms with Crippen LogP contribution in [0.1, 0.15) is 17.8 Å². The van der Waals surface area contributed by atoms with Crippen molar-refractivity contribution in [2.24, 2.45) is 10.7 Å². The first-order chi connectivity index (χ1) is 15.1.